The molecule has 0 radical (unpaired) electrons. The number of rotatable bonds is 10. The second kappa shape index (κ2) is 9.89. The molecule has 2 N–H and O–H groups in total. The highest BCUT2D eigenvalue weighted by Gasteiger charge is 2.47. The number of carbonyl (C=O) groups is 2. The maximum Gasteiger partial charge on any atom is 0.325 e. The summed E-state index contributed by atoms with van der Waals surface area (Å²) in [4.78, 5) is 26.2. The zero-order valence-corrected chi connectivity index (χ0v) is 17.6. The Bertz CT molecular complexity index is 920. The Morgan fingerprint density at radius 1 is 1.16 bits per heavy atom. The molecular formula is C23H27FN2O5. The van der Waals surface area contributed by atoms with Gasteiger partial charge in [-0.05, 0) is 43.5 Å². The summed E-state index contributed by atoms with van der Waals surface area (Å²) >= 11 is 0. The smallest absolute Gasteiger partial charge is 0.325 e. The third-order valence-corrected chi connectivity index (χ3v) is 5.34. The minimum absolute atomic E-state index is 0.0105. The number of halogens is 1. The fraction of sp³-hybridized carbons (Fsp3) is 0.391. The molecule has 31 heavy (non-hydrogen) atoms. The van der Waals surface area contributed by atoms with Crippen molar-refractivity contribution in [2.75, 3.05) is 20.3 Å². The van der Waals surface area contributed by atoms with Gasteiger partial charge >= 0.3 is 6.03 Å². The molecule has 2 unspecified atom stereocenters. The molecule has 3 rings (SSSR count). The molecule has 0 saturated carbocycles. The van der Waals surface area contributed by atoms with Gasteiger partial charge in [0.1, 0.15) is 17.1 Å². The minimum Gasteiger partial charge on any atom is -0.497 e. The van der Waals surface area contributed by atoms with Gasteiger partial charge < -0.3 is 19.9 Å². The Balaban J connectivity index is 1.50. The monoisotopic (exact) mass is 430 g/mol. The summed E-state index contributed by atoms with van der Waals surface area (Å²) in [5, 5.41) is 12.9. The first-order valence-corrected chi connectivity index (χ1v) is 10.1. The van der Waals surface area contributed by atoms with E-state index < -0.39 is 23.5 Å². The van der Waals surface area contributed by atoms with Crippen LogP contribution in [0.15, 0.2) is 48.5 Å². The fourth-order valence-corrected chi connectivity index (χ4v) is 3.45. The molecule has 1 aliphatic rings. The van der Waals surface area contributed by atoms with Crippen LogP contribution in [0.4, 0.5) is 9.18 Å². The molecule has 1 heterocycles. The number of benzene rings is 2. The Morgan fingerprint density at radius 2 is 1.87 bits per heavy atom. The molecule has 166 valence electrons. The number of β-amino-alcohol motifs (C(OH)–C–C–N with tert-alkyl or cyclic N) is 1. The second-order valence-corrected chi connectivity index (χ2v) is 7.79. The van der Waals surface area contributed by atoms with Crippen LogP contribution in [0, 0.1) is 5.82 Å². The maximum atomic E-state index is 13.6. The van der Waals surface area contributed by atoms with Crippen molar-refractivity contribution in [1.29, 1.82) is 0 Å². The summed E-state index contributed by atoms with van der Waals surface area (Å²) in [6.45, 7) is 1.34. The van der Waals surface area contributed by atoms with Crippen molar-refractivity contribution >= 4 is 11.9 Å². The van der Waals surface area contributed by atoms with E-state index >= 15 is 0 Å². The van der Waals surface area contributed by atoms with Crippen LogP contribution in [0.1, 0.15) is 24.5 Å². The standard InChI is InChI=1S/C23H27FN2O5/c1-23(12-11-16-7-9-19(30-2)10-8-16)21(28)26(22(29)25-23)13-18(27)15-31-14-17-5-3-4-6-20(17)24/h3-10,18,27H,11-15H2,1-2H3,(H,25,29). The van der Waals surface area contributed by atoms with Gasteiger partial charge in [0.2, 0.25) is 0 Å². The van der Waals surface area contributed by atoms with E-state index in [1.165, 1.54) is 6.07 Å². The third-order valence-electron chi connectivity index (χ3n) is 5.34. The first-order valence-electron chi connectivity index (χ1n) is 10.1. The first-order chi connectivity index (χ1) is 14.8. The minimum atomic E-state index is -1.08. The number of urea groups is 1. The zero-order valence-electron chi connectivity index (χ0n) is 17.6. The highest BCUT2D eigenvalue weighted by atomic mass is 19.1. The summed E-state index contributed by atoms with van der Waals surface area (Å²) < 4.78 is 24.1. The highest BCUT2D eigenvalue weighted by Crippen LogP contribution is 2.24. The van der Waals surface area contributed by atoms with Crippen molar-refractivity contribution in [3.8, 4) is 5.75 Å². The molecule has 0 bridgehead atoms. The average Bonchev–Trinajstić information content (AvgIpc) is 2.97. The van der Waals surface area contributed by atoms with Crippen LogP contribution in [-0.4, -0.2) is 53.8 Å². The summed E-state index contributed by atoms with van der Waals surface area (Å²) in [6.07, 6.45) is -0.0695. The first kappa shape index (κ1) is 22.7. The molecule has 2 aromatic rings. The summed E-state index contributed by atoms with van der Waals surface area (Å²) in [5.41, 5.74) is 0.338. The molecule has 7 nitrogen and oxygen atoms in total. The molecule has 2 aromatic carbocycles. The van der Waals surface area contributed by atoms with Crippen molar-refractivity contribution in [3.05, 3.63) is 65.5 Å². The van der Waals surface area contributed by atoms with E-state index in [0.29, 0.717) is 18.4 Å². The molecule has 0 aliphatic carbocycles. The van der Waals surface area contributed by atoms with E-state index in [1.54, 1.807) is 32.2 Å². The van der Waals surface area contributed by atoms with Gasteiger partial charge in [-0.3, -0.25) is 9.69 Å². The lowest BCUT2D eigenvalue weighted by Gasteiger charge is -2.22. The van der Waals surface area contributed by atoms with Gasteiger partial charge in [-0.25, -0.2) is 9.18 Å². The number of nitrogens with zero attached hydrogens (tertiary/aromatic N) is 1. The summed E-state index contributed by atoms with van der Waals surface area (Å²) in [6, 6.07) is 13.2. The Morgan fingerprint density at radius 3 is 2.55 bits per heavy atom. The van der Waals surface area contributed by atoms with Crippen LogP contribution in [0.3, 0.4) is 0 Å². The third kappa shape index (κ3) is 5.59. The molecule has 1 fully saturated rings. The van der Waals surface area contributed by atoms with Gasteiger partial charge in [0.05, 0.1) is 33.0 Å². The number of hydrogen-bond donors (Lipinski definition) is 2. The van der Waals surface area contributed by atoms with Crippen molar-refractivity contribution in [1.82, 2.24) is 10.2 Å². The summed E-state index contributed by atoms with van der Waals surface area (Å²) in [5.74, 6) is -0.0320. The largest absolute Gasteiger partial charge is 0.497 e. The van der Waals surface area contributed by atoms with Gasteiger partial charge in [-0.2, -0.15) is 0 Å². The van der Waals surface area contributed by atoms with Crippen LogP contribution < -0.4 is 10.1 Å². The van der Waals surface area contributed by atoms with E-state index in [1.807, 2.05) is 24.3 Å². The average molecular weight is 430 g/mol. The van der Waals surface area contributed by atoms with Crippen LogP contribution in [0.2, 0.25) is 0 Å². The summed E-state index contributed by atoms with van der Waals surface area (Å²) in [7, 11) is 1.59. The quantitative estimate of drug-likeness (QED) is 0.566. The molecule has 3 amide bonds. The van der Waals surface area contributed by atoms with Crippen LogP contribution in [0.5, 0.6) is 5.75 Å². The molecule has 0 aromatic heterocycles. The number of aryl methyl sites for hydroxylation is 1. The molecule has 1 saturated heterocycles. The van der Waals surface area contributed by atoms with E-state index in [9.17, 15) is 19.1 Å². The van der Waals surface area contributed by atoms with Crippen molar-refractivity contribution in [2.24, 2.45) is 0 Å². The Kier molecular flexibility index (Phi) is 7.25. The molecule has 0 spiro atoms. The number of ether oxygens (including phenoxy) is 2. The topological polar surface area (TPSA) is 88.1 Å². The lowest BCUT2D eigenvalue weighted by Crippen LogP contribution is -2.45. The van der Waals surface area contributed by atoms with E-state index in [-0.39, 0.29) is 25.7 Å². The SMILES string of the molecule is COc1ccc(CCC2(C)NC(=O)N(CC(O)COCc3ccccc3F)C2=O)cc1. The number of aliphatic hydroxyl groups is 1. The number of nitrogens with one attached hydrogen (secondary N) is 1. The van der Waals surface area contributed by atoms with Crippen molar-refractivity contribution in [2.45, 2.75) is 38.0 Å². The van der Waals surface area contributed by atoms with Gasteiger partial charge in [-0.1, -0.05) is 30.3 Å². The number of amides is 3. The number of carbonyl (C=O) groups excluding carboxylic acids is 2. The molecular weight excluding hydrogens is 403 g/mol. The number of aliphatic hydroxyl groups excluding tert-OH is 1. The van der Waals surface area contributed by atoms with E-state index in [2.05, 4.69) is 5.32 Å². The fourth-order valence-electron chi connectivity index (χ4n) is 3.45. The van der Waals surface area contributed by atoms with Gasteiger partial charge in [-0.15, -0.1) is 0 Å². The Hall–Kier alpha value is -2.97. The maximum absolute atomic E-state index is 13.6. The normalized spacial score (nSPS) is 19.4. The second-order valence-electron chi connectivity index (χ2n) is 7.79. The predicted molar refractivity (Wildman–Crippen MR) is 112 cm³/mol. The Labute approximate surface area is 180 Å². The van der Waals surface area contributed by atoms with Crippen molar-refractivity contribution in [3.63, 3.8) is 0 Å². The lowest BCUT2D eigenvalue weighted by molar-refractivity contribution is -0.132. The molecule has 1 aliphatic heterocycles. The number of methoxy groups -OCH3 is 1. The highest BCUT2D eigenvalue weighted by molar-refractivity contribution is 6.06. The van der Waals surface area contributed by atoms with Crippen molar-refractivity contribution < 1.29 is 28.6 Å². The van der Waals surface area contributed by atoms with Crippen LogP contribution in [-0.2, 0) is 22.6 Å². The predicted octanol–water partition coefficient (Wildman–Crippen LogP) is 2.66. The van der Waals surface area contributed by atoms with E-state index in [4.69, 9.17) is 9.47 Å². The zero-order chi connectivity index (χ0) is 22.4. The van der Waals surface area contributed by atoms with Crippen LogP contribution in [0.25, 0.3) is 0 Å². The van der Waals surface area contributed by atoms with Gasteiger partial charge in [0.15, 0.2) is 0 Å². The lowest BCUT2D eigenvalue weighted by atomic mass is 9.93. The van der Waals surface area contributed by atoms with Crippen LogP contribution >= 0.6 is 0 Å². The van der Waals surface area contributed by atoms with Gasteiger partial charge in [0, 0.05) is 5.56 Å². The number of hydrogen-bond acceptors (Lipinski definition) is 5. The van der Waals surface area contributed by atoms with E-state index in [0.717, 1.165) is 16.2 Å². The number of imide groups is 1. The molecule has 8 heteroatoms. The van der Waals surface area contributed by atoms with Gasteiger partial charge in [0.25, 0.3) is 5.91 Å². The molecule has 2 atom stereocenters.